The molecule has 0 aromatic rings. The van der Waals surface area contributed by atoms with Crippen molar-refractivity contribution in [3.8, 4) is 0 Å². The Morgan fingerprint density at radius 2 is 2.40 bits per heavy atom. The lowest BCUT2D eigenvalue weighted by molar-refractivity contribution is -0.170. The second kappa shape index (κ2) is 3.34. The van der Waals surface area contributed by atoms with Gasteiger partial charge in [0.2, 0.25) is 0 Å². The van der Waals surface area contributed by atoms with Crippen molar-refractivity contribution in [3.05, 3.63) is 0 Å². The number of hydrogen-bond donors (Lipinski definition) is 0. The van der Waals surface area contributed by atoms with E-state index in [0.29, 0.717) is 13.2 Å². The van der Waals surface area contributed by atoms with E-state index in [9.17, 15) is 4.79 Å². The van der Waals surface area contributed by atoms with Crippen LogP contribution in [0.3, 0.4) is 0 Å². The van der Waals surface area contributed by atoms with E-state index in [1.54, 1.807) is 6.92 Å². The standard InChI is InChI=1S/C6H9BrO3/c1-4(7)6(8)10-5-2-9-3-5/h4-5H,2-3H2,1H3/t4-/m0/s1. The molecule has 0 aliphatic carbocycles. The molecule has 1 atom stereocenters. The molecular weight excluding hydrogens is 200 g/mol. The zero-order chi connectivity index (χ0) is 7.56. The van der Waals surface area contributed by atoms with Crippen molar-refractivity contribution in [1.82, 2.24) is 0 Å². The predicted octanol–water partition coefficient (Wildman–Crippen LogP) is 0.712. The maximum Gasteiger partial charge on any atom is 0.319 e. The van der Waals surface area contributed by atoms with Crippen LogP contribution in [-0.2, 0) is 14.3 Å². The number of carbonyl (C=O) groups is 1. The Hall–Kier alpha value is -0.0900. The monoisotopic (exact) mass is 208 g/mol. The van der Waals surface area contributed by atoms with Crippen LogP contribution in [0.15, 0.2) is 0 Å². The number of alkyl halides is 1. The second-order valence-electron chi connectivity index (χ2n) is 2.21. The molecule has 0 radical (unpaired) electrons. The van der Waals surface area contributed by atoms with Crippen molar-refractivity contribution in [2.24, 2.45) is 0 Å². The molecule has 0 saturated carbocycles. The molecule has 1 saturated heterocycles. The van der Waals surface area contributed by atoms with Gasteiger partial charge < -0.3 is 9.47 Å². The Kier molecular flexibility index (Phi) is 2.68. The first kappa shape index (κ1) is 8.01. The number of esters is 1. The lowest BCUT2D eigenvalue weighted by Gasteiger charge is -2.25. The first-order valence-electron chi connectivity index (χ1n) is 3.12. The highest BCUT2D eigenvalue weighted by atomic mass is 79.9. The third-order valence-corrected chi connectivity index (χ3v) is 1.59. The van der Waals surface area contributed by atoms with Crippen molar-refractivity contribution in [2.45, 2.75) is 17.9 Å². The predicted molar refractivity (Wildman–Crippen MR) is 39.1 cm³/mol. The summed E-state index contributed by atoms with van der Waals surface area (Å²) in [5.74, 6) is -0.215. The summed E-state index contributed by atoms with van der Waals surface area (Å²) in [6.07, 6.45) is -0.00694. The van der Waals surface area contributed by atoms with Gasteiger partial charge in [-0.05, 0) is 6.92 Å². The first-order chi connectivity index (χ1) is 4.70. The number of halogens is 1. The fourth-order valence-electron chi connectivity index (χ4n) is 0.540. The van der Waals surface area contributed by atoms with Crippen LogP contribution < -0.4 is 0 Å². The van der Waals surface area contributed by atoms with Crippen molar-refractivity contribution < 1.29 is 14.3 Å². The normalized spacial score (nSPS) is 21.4. The topological polar surface area (TPSA) is 35.5 Å². The molecule has 1 aliphatic rings. The van der Waals surface area contributed by atoms with E-state index >= 15 is 0 Å². The van der Waals surface area contributed by atoms with E-state index in [0.717, 1.165) is 0 Å². The van der Waals surface area contributed by atoms with Gasteiger partial charge in [-0.25, -0.2) is 0 Å². The van der Waals surface area contributed by atoms with Gasteiger partial charge in [0.15, 0.2) is 0 Å². The minimum absolute atomic E-state index is 0.00694. The van der Waals surface area contributed by atoms with Gasteiger partial charge in [0.25, 0.3) is 0 Å². The molecule has 0 bridgehead atoms. The van der Waals surface area contributed by atoms with E-state index in [2.05, 4.69) is 15.9 Å². The zero-order valence-corrected chi connectivity index (χ0v) is 7.26. The highest BCUT2D eigenvalue weighted by Crippen LogP contribution is 2.09. The molecule has 1 fully saturated rings. The molecule has 1 aliphatic heterocycles. The van der Waals surface area contributed by atoms with Crippen LogP contribution in [-0.4, -0.2) is 30.1 Å². The lowest BCUT2D eigenvalue weighted by atomic mass is 10.3. The summed E-state index contributed by atoms with van der Waals surface area (Å²) in [5, 5.41) is 0. The van der Waals surface area contributed by atoms with Gasteiger partial charge in [0, 0.05) is 0 Å². The van der Waals surface area contributed by atoms with Crippen LogP contribution in [0.25, 0.3) is 0 Å². The Morgan fingerprint density at radius 3 is 2.70 bits per heavy atom. The fourth-order valence-corrected chi connectivity index (χ4v) is 0.648. The van der Waals surface area contributed by atoms with E-state index in [1.807, 2.05) is 0 Å². The van der Waals surface area contributed by atoms with Crippen LogP contribution in [0.5, 0.6) is 0 Å². The summed E-state index contributed by atoms with van der Waals surface area (Å²) in [5.41, 5.74) is 0. The first-order valence-corrected chi connectivity index (χ1v) is 4.04. The average Bonchev–Trinajstić information content (AvgIpc) is 1.77. The van der Waals surface area contributed by atoms with Crippen molar-refractivity contribution in [3.63, 3.8) is 0 Å². The van der Waals surface area contributed by atoms with Gasteiger partial charge >= 0.3 is 5.97 Å². The van der Waals surface area contributed by atoms with Crippen LogP contribution >= 0.6 is 15.9 Å². The van der Waals surface area contributed by atoms with Crippen molar-refractivity contribution in [2.75, 3.05) is 13.2 Å². The highest BCUT2D eigenvalue weighted by Gasteiger charge is 2.24. The van der Waals surface area contributed by atoms with Gasteiger partial charge in [-0.1, -0.05) is 15.9 Å². The van der Waals surface area contributed by atoms with E-state index < -0.39 is 0 Å². The molecule has 0 aromatic carbocycles. The van der Waals surface area contributed by atoms with Gasteiger partial charge in [-0.3, -0.25) is 4.79 Å². The molecule has 0 unspecified atom stereocenters. The molecule has 1 rings (SSSR count). The van der Waals surface area contributed by atoms with Crippen molar-refractivity contribution in [1.29, 1.82) is 0 Å². The minimum atomic E-state index is -0.215. The third-order valence-electron chi connectivity index (χ3n) is 1.22. The van der Waals surface area contributed by atoms with Crippen molar-refractivity contribution >= 4 is 21.9 Å². The minimum Gasteiger partial charge on any atom is -0.457 e. The van der Waals surface area contributed by atoms with E-state index in [4.69, 9.17) is 9.47 Å². The fraction of sp³-hybridized carbons (Fsp3) is 0.833. The maximum absolute atomic E-state index is 10.8. The quantitative estimate of drug-likeness (QED) is 0.496. The molecule has 1 heterocycles. The summed E-state index contributed by atoms with van der Waals surface area (Å²) in [6, 6.07) is 0. The Morgan fingerprint density at radius 1 is 1.80 bits per heavy atom. The molecule has 10 heavy (non-hydrogen) atoms. The number of carbonyl (C=O) groups excluding carboxylic acids is 1. The molecule has 4 heteroatoms. The molecule has 0 spiro atoms. The average molecular weight is 209 g/mol. The van der Waals surface area contributed by atoms with E-state index in [-0.39, 0.29) is 16.9 Å². The molecular formula is C6H9BrO3. The van der Waals surface area contributed by atoms with Crippen LogP contribution in [0.2, 0.25) is 0 Å². The molecule has 0 amide bonds. The van der Waals surface area contributed by atoms with Crippen LogP contribution in [0, 0.1) is 0 Å². The highest BCUT2D eigenvalue weighted by molar-refractivity contribution is 9.10. The number of rotatable bonds is 2. The number of ether oxygens (including phenoxy) is 2. The Labute approximate surface area is 67.8 Å². The van der Waals surface area contributed by atoms with Crippen LogP contribution in [0.1, 0.15) is 6.92 Å². The Balaban J connectivity index is 2.17. The van der Waals surface area contributed by atoms with Crippen LogP contribution in [0.4, 0.5) is 0 Å². The maximum atomic E-state index is 10.8. The molecule has 3 nitrogen and oxygen atoms in total. The van der Waals surface area contributed by atoms with Gasteiger partial charge in [0.1, 0.15) is 10.9 Å². The van der Waals surface area contributed by atoms with Gasteiger partial charge in [-0.2, -0.15) is 0 Å². The van der Waals surface area contributed by atoms with Gasteiger partial charge in [-0.15, -0.1) is 0 Å². The summed E-state index contributed by atoms with van der Waals surface area (Å²) in [4.78, 5) is 10.6. The molecule has 58 valence electrons. The summed E-state index contributed by atoms with van der Waals surface area (Å²) >= 11 is 3.11. The van der Waals surface area contributed by atoms with Gasteiger partial charge in [0.05, 0.1) is 13.2 Å². The lowest BCUT2D eigenvalue weighted by Crippen LogP contribution is -2.39. The molecule has 0 N–H and O–H groups in total. The third kappa shape index (κ3) is 1.95. The zero-order valence-electron chi connectivity index (χ0n) is 5.67. The Bertz CT molecular complexity index is 131. The summed E-state index contributed by atoms with van der Waals surface area (Å²) < 4.78 is 9.76. The number of hydrogen-bond acceptors (Lipinski definition) is 3. The SMILES string of the molecule is C[C@H](Br)C(=O)OC1COC1. The second-order valence-corrected chi connectivity index (χ2v) is 3.59. The largest absolute Gasteiger partial charge is 0.457 e. The summed E-state index contributed by atoms with van der Waals surface area (Å²) in [6.45, 7) is 2.83. The smallest absolute Gasteiger partial charge is 0.319 e. The summed E-state index contributed by atoms with van der Waals surface area (Å²) in [7, 11) is 0. The van der Waals surface area contributed by atoms with E-state index in [1.165, 1.54) is 0 Å². The molecule has 0 aromatic heterocycles.